The fraction of sp³-hybridized carbons (Fsp3) is 0.222. The van der Waals surface area contributed by atoms with Gasteiger partial charge >= 0.3 is 0 Å². The molecule has 0 aliphatic rings. The van der Waals surface area contributed by atoms with Crippen molar-refractivity contribution in [3.8, 4) is 11.8 Å². The highest BCUT2D eigenvalue weighted by molar-refractivity contribution is 9.10. The first-order chi connectivity index (χ1) is 5.77. The Morgan fingerprint density at radius 3 is 2.92 bits per heavy atom. The molecule has 0 unspecified atom stereocenters. The number of rotatable bonds is 2. The molecular weight excluding hydrogens is 218 g/mol. The van der Waals surface area contributed by atoms with Crippen LogP contribution < -0.4 is 4.74 Å². The molecular formula is C9H8BrNO. The molecule has 0 amide bonds. The van der Waals surface area contributed by atoms with Crippen LogP contribution in [0.5, 0.6) is 5.75 Å². The highest BCUT2D eigenvalue weighted by atomic mass is 79.9. The van der Waals surface area contributed by atoms with Gasteiger partial charge in [0, 0.05) is 4.47 Å². The molecule has 0 spiro atoms. The molecule has 0 radical (unpaired) electrons. The minimum absolute atomic E-state index is 0.598. The van der Waals surface area contributed by atoms with Crippen LogP contribution in [0.4, 0.5) is 0 Å². The monoisotopic (exact) mass is 225 g/mol. The lowest BCUT2D eigenvalue weighted by Gasteiger charge is -2.02. The lowest BCUT2D eigenvalue weighted by molar-refractivity contribution is 0.340. The van der Waals surface area contributed by atoms with Gasteiger partial charge in [0.15, 0.2) is 0 Å². The van der Waals surface area contributed by atoms with E-state index in [0.29, 0.717) is 12.2 Å². The van der Waals surface area contributed by atoms with E-state index in [2.05, 4.69) is 22.0 Å². The smallest absolute Gasteiger partial charge is 0.120 e. The summed E-state index contributed by atoms with van der Waals surface area (Å²) in [6, 6.07) is 7.42. The molecule has 12 heavy (non-hydrogen) atoms. The summed E-state index contributed by atoms with van der Waals surface area (Å²) in [5, 5.41) is 8.68. The van der Waals surface area contributed by atoms with Crippen LogP contribution in [0.3, 0.4) is 0 Å². The molecule has 1 aromatic carbocycles. The Morgan fingerprint density at radius 2 is 2.33 bits per heavy atom. The van der Waals surface area contributed by atoms with Crippen molar-refractivity contribution in [2.75, 3.05) is 6.61 Å². The van der Waals surface area contributed by atoms with Crippen LogP contribution in [-0.2, 0) is 0 Å². The summed E-state index contributed by atoms with van der Waals surface area (Å²) in [5.74, 6) is 0.734. The van der Waals surface area contributed by atoms with Crippen molar-refractivity contribution >= 4 is 15.9 Å². The molecule has 0 heterocycles. The average molecular weight is 226 g/mol. The number of nitrogens with zero attached hydrogens (tertiary/aromatic N) is 1. The summed E-state index contributed by atoms with van der Waals surface area (Å²) < 4.78 is 6.03. The number of hydrogen-bond donors (Lipinski definition) is 0. The van der Waals surface area contributed by atoms with Crippen LogP contribution in [0, 0.1) is 11.3 Å². The number of ether oxygens (including phenoxy) is 1. The third-order valence-electron chi connectivity index (χ3n) is 1.37. The average Bonchev–Trinajstić information content (AvgIpc) is 2.09. The van der Waals surface area contributed by atoms with E-state index in [1.165, 1.54) is 0 Å². The zero-order chi connectivity index (χ0) is 8.97. The zero-order valence-corrected chi connectivity index (χ0v) is 8.26. The van der Waals surface area contributed by atoms with E-state index in [-0.39, 0.29) is 0 Å². The van der Waals surface area contributed by atoms with Crippen molar-refractivity contribution in [2.24, 2.45) is 0 Å². The highest BCUT2D eigenvalue weighted by Gasteiger charge is 1.99. The zero-order valence-electron chi connectivity index (χ0n) is 6.67. The van der Waals surface area contributed by atoms with Gasteiger partial charge < -0.3 is 4.74 Å². The van der Waals surface area contributed by atoms with Gasteiger partial charge in [-0.15, -0.1) is 0 Å². The highest BCUT2D eigenvalue weighted by Crippen LogP contribution is 2.21. The predicted molar refractivity (Wildman–Crippen MR) is 50.0 cm³/mol. The standard InChI is InChI=1S/C9H8BrNO/c1-2-12-8-3-4-9(10)7(5-8)6-11/h3-5H,2H2,1H3. The molecule has 62 valence electrons. The van der Waals surface area contributed by atoms with Crippen LogP contribution in [-0.4, -0.2) is 6.61 Å². The van der Waals surface area contributed by atoms with Gasteiger partial charge in [-0.25, -0.2) is 0 Å². The SMILES string of the molecule is CCOc1ccc(Br)c(C#N)c1. The van der Waals surface area contributed by atoms with Crippen LogP contribution in [0.2, 0.25) is 0 Å². The van der Waals surface area contributed by atoms with E-state index in [0.717, 1.165) is 10.2 Å². The topological polar surface area (TPSA) is 33.0 Å². The van der Waals surface area contributed by atoms with Crippen LogP contribution in [0.25, 0.3) is 0 Å². The van der Waals surface area contributed by atoms with E-state index in [4.69, 9.17) is 10.00 Å². The maximum absolute atomic E-state index is 8.68. The second-order valence-corrected chi connectivity index (χ2v) is 3.04. The Kier molecular flexibility index (Phi) is 3.12. The van der Waals surface area contributed by atoms with Crippen LogP contribution in [0.15, 0.2) is 22.7 Å². The number of hydrogen-bond acceptors (Lipinski definition) is 2. The maximum atomic E-state index is 8.68. The lowest BCUT2D eigenvalue weighted by atomic mass is 10.2. The van der Waals surface area contributed by atoms with E-state index >= 15 is 0 Å². The second kappa shape index (κ2) is 4.13. The Morgan fingerprint density at radius 1 is 1.58 bits per heavy atom. The van der Waals surface area contributed by atoms with Crippen LogP contribution in [0.1, 0.15) is 12.5 Å². The van der Waals surface area contributed by atoms with Crippen molar-refractivity contribution in [1.82, 2.24) is 0 Å². The van der Waals surface area contributed by atoms with Gasteiger partial charge in [0.25, 0.3) is 0 Å². The summed E-state index contributed by atoms with van der Waals surface area (Å²) in [6.45, 7) is 2.53. The summed E-state index contributed by atoms with van der Waals surface area (Å²) in [4.78, 5) is 0. The fourth-order valence-corrected chi connectivity index (χ4v) is 1.18. The van der Waals surface area contributed by atoms with Gasteiger partial charge in [-0.3, -0.25) is 0 Å². The summed E-state index contributed by atoms with van der Waals surface area (Å²) in [7, 11) is 0. The molecule has 0 aliphatic heterocycles. The molecule has 0 fully saturated rings. The molecule has 0 aromatic heterocycles. The van der Waals surface area contributed by atoms with Gasteiger partial charge in [-0.1, -0.05) is 0 Å². The molecule has 1 rings (SSSR count). The third-order valence-corrected chi connectivity index (χ3v) is 2.06. The molecule has 0 aliphatic carbocycles. The van der Waals surface area contributed by atoms with E-state index < -0.39 is 0 Å². The molecule has 2 nitrogen and oxygen atoms in total. The Bertz CT molecular complexity index is 317. The van der Waals surface area contributed by atoms with E-state index in [9.17, 15) is 0 Å². The maximum Gasteiger partial charge on any atom is 0.120 e. The van der Waals surface area contributed by atoms with Crippen molar-refractivity contribution in [3.05, 3.63) is 28.2 Å². The van der Waals surface area contributed by atoms with Gasteiger partial charge in [0.2, 0.25) is 0 Å². The molecule has 0 bridgehead atoms. The quantitative estimate of drug-likeness (QED) is 0.776. The van der Waals surface area contributed by atoms with Crippen LogP contribution >= 0.6 is 15.9 Å². The van der Waals surface area contributed by atoms with Gasteiger partial charge in [-0.05, 0) is 41.1 Å². The number of nitriles is 1. The van der Waals surface area contributed by atoms with Crippen molar-refractivity contribution in [2.45, 2.75) is 6.92 Å². The molecule has 0 atom stereocenters. The van der Waals surface area contributed by atoms with Crippen molar-refractivity contribution in [3.63, 3.8) is 0 Å². The third kappa shape index (κ3) is 1.99. The van der Waals surface area contributed by atoms with Gasteiger partial charge in [-0.2, -0.15) is 5.26 Å². The summed E-state index contributed by atoms with van der Waals surface area (Å²) >= 11 is 3.26. The molecule has 1 aromatic rings. The molecule has 0 saturated heterocycles. The minimum Gasteiger partial charge on any atom is -0.494 e. The summed E-state index contributed by atoms with van der Waals surface area (Å²) in [5.41, 5.74) is 0.598. The first-order valence-corrected chi connectivity index (χ1v) is 4.39. The second-order valence-electron chi connectivity index (χ2n) is 2.19. The van der Waals surface area contributed by atoms with Gasteiger partial charge in [0.1, 0.15) is 11.8 Å². The number of halogens is 1. The molecule has 0 saturated carbocycles. The Balaban J connectivity index is 2.99. The minimum atomic E-state index is 0.598. The van der Waals surface area contributed by atoms with E-state index in [1.807, 2.05) is 19.1 Å². The normalized spacial score (nSPS) is 9.08. The van der Waals surface area contributed by atoms with Gasteiger partial charge in [0.05, 0.1) is 12.2 Å². The molecule has 0 N–H and O–H groups in total. The first-order valence-electron chi connectivity index (χ1n) is 3.60. The number of benzene rings is 1. The lowest BCUT2D eigenvalue weighted by Crippen LogP contribution is -1.91. The fourth-order valence-electron chi connectivity index (χ4n) is 0.847. The first kappa shape index (κ1) is 9.08. The predicted octanol–water partition coefficient (Wildman–Crippen LogP) is 2.72. The van der Waals surface area contributed by atoms with E-state index in [1.54, 1.807) is 6.07 Å². The van der Waals surface area contributed by atoms with Crippen molar-refractivity contribution in [1.29, 1.82) is 5.26 Å². The Hall–Kier alpha value is -1.01. The largest absolute Gasteiger partial charge is 0.494 e. The summed E-state index contributed by atoms with van der Waals surface area (Å²) in [6.07, 6.45) is 0. The van der Waals surface area contributed by atoms with Crippen molar-refractivity contribution < 1.29 is 4.74 Å². The molecule has 3 heteroatoms. The Labute approximate surface area is 79.9 Å².